The smallest absolute Gasteiger partial charge is 0.225 e. The standard InChI is InChI=1S/C19H15FN6/c20-15-4-1-5-16(14(15)10-21)24-18-9-17(12-3-2-8-22-11-12)25-19(26-18)23-13-6-7-13/h1-5,8-9,11,13H,6-7H2,(H2,23,24,25,26). The number of aromatic nitrogens is 3. The van der Waals surface area contributed by atoms with Gasteiger partial charge in [0.25, 0.3) is 0 Å². The molecule has 0 saturated heterocycles. The Balaban J connectivity index is 1.73. The zero-order chi connectivity index (χ0) is 17.9. The summed E-state index contributed by atoms with van der Waals surface area (Å²) in [5, 5.41) is 15.5. The Morgan fingerprint density at radius 2 is 2.04 bits per heavy atom. The highest BCUT2D eigenvalue weighted by Gasteiger charge is 2.22. The van der Waals surface area contributed by atoms with Gasteiger partial charge < -0.3 is 10.6 Å². The fourth-order valence-corrected chi connectivity index (χ4v) is 2.53. The predicted octanol–water partition coefficient (Wildman–Crippen LogP) is 3.87. The van der Waals surface area contributed by atoms with E-state index in [0.29, 0.717) is 29.2 Å². The zero-order valence-electron chi connectivity index (χ0n) is 13.8. The van der Waals surface area contributed by atoms with Gasteiger partial charge in [-0.05, 0) is 37.1 Å². The van der Waals surface area contributed by atoms with Gasteiger partial charge in [-0.15, -0.1) is 0 Å². The lowest BCUT2D eigenvalue weighted by molar-refractivity contribution is 0.624. The quantitative estimate of drug-likeness (QED) is 0.729. The van der Waals surface area contributed by atoms with Crippen LogP contribution in [0.1, 0.15) is 18.4 Å². The molecule has 0 spiro atoms. The van der Waals surface area contributed by atoms with Crippen LogP contribution in [-0.2, 0) is 0 Å². The monoisotopic (exact) mass is 346 g/mol. The number of nitrogens with one attached hydrogen (secondary N) is 2. The summed E-state index contributed by atoms with van der Waals surface area (Å²) in [5.41, 5.74) is 1.84. The predicted molar refractivity (Wildman–Crippen MR) is 96.3 cm³/mol. The normalized spacial score (nSPS) is 13.1. The van der Waals surface area contributed by atoms with Gasteiger partial charge in [-0.1, -0.05) is 6.07 Å². The molecule has 128 valence electrons. The Morgan fingerprint density at radius 1 is 1.15 bits per heavy atom. The Labute approximate surface area is 149 Å². The minimum absolute atomic E-state index is 0.0502. The maximum atomic E-state index is 13.8. The van der Waals surface area contributed by atoms with Gasteiger partial charge >= 0.3 is 0 Å². The van der Waals surface area contributed by atoms with E-state index >= 15 is 0 Å². The maximum Gasteiger partial charge on any atom is 0.225 e. The van der Waals surface area contributed by atoms with Crippen molar-refractivity contribution >= 4 is 17.5 Å². The summed E-state index contributed by atoms with van der Waals surface area (Å²) in [6.07, 6.45) is 5.59. The number of hydrogen-bond donors (Lipinski definition) is 2. The molecule has 0 atom stereocenters. The molecule has 1 aromatic carbocycles. The lowest BCUT2D eigenvalue weighted by Crippen LogP contribution is -2.08. The van der Waals surface area contributed by atoms with Gasteiger partial charge in [-0.3, -0.25) is 4.98 Å². The molecule has 0 bridgehead atoms. The van der Waals surface area contributed by atoms with Crippen LogP contribution in [0.4, 0.5) is 21.8 Å². The van der Waals surface area contributed by atoms with Gasteiger partial charge in [0.05, 0.1) is 11.4 Å². The molecule has 1 fully saturated rings. The Hall–Kier alpha value is -3.53. The minimum Gasteiger partial charge on any atom is -0.351 e. The molecule has 0 aliphatic heterocycles. The second-order valence-corrected chi connectivity index (χ2v) is 6.02. The molecular weight excluding hydrogens is 331 g/mol. The average molecular weight is 346 g/mol. The van der Waals surface area contributed by atoms with Gasteiger partial charge in [0.2, 0.25) is 5.95 Å². The molecule has 6 nitrogen and oxygen atoms in total. The number of halogens is 1. The molecule has 1 aliphatic carbocycles. The van der Waals surface area contributed by atoms with Crippen molar-refractivity contribution in [1.82, 2.24) is 15.0 Å². The van der Waals surface area contributed by atoms with Crippen molar-refractivity contribution in [2.24, 2.45) is 0 Å². The zero-order valence-corrected chi connectivity index (χ0v) is 13.8. The average Bonchev–Trinajstić information content (AvgIpc) is 3.46. The van der Waals surface area contributed by atoms with Crippen molar-refractivity contribution in [3.8, 4) is 17.3 Å². The molecule has 0 unspecified atom stereocenters. The van der Waals surface area contributed by atoms with Crippen LogP contribution in [0.25, 0.3) is 11.3 Å². The maximum absolute atomic E-state index is 13.8. The van der Waals surface area contributed by atoms with Crippen LogP contribution in [0.5, 0.6) is 0 Å². The number of hydrogen-bond acceptors (Lipinski definition) is 6. The summed E-state index contributed by atoms with van der Waals surface area (Å²) in [7, 11) is 0. The molecule has 2 heterocycles. The van der Waals surface area contributed by atoms with E-state index in [-0.39, 0.29) is 5.56 Å². The van der Waals surface area contributed by atoms with Gasteiger partial charge in [0, 0.05) is 30.1 Å². The van der Waals surface area contributed by atoms with Crippen LogP contribution in [0, 0.1) is 17.1 Å². The Morgan fingerprint density at radius 3 is 2.77 bits per heavy atom. The largest absolute Gasteiger partial charge is 0.351 e. The van der Waals surface area contributed by atoms with Crippen molar-refractivity contribution in [2.45, 2.75) is 18.9 Å². The van der Waals surface area contributed by atoms with Gasteiger partial charge in [-0.25, -0.2) is 9.37 Å². The lowest BCUT2D eigenvalue weighted by Gasteiger charge is -2.12. The van der Waals surface area contributed by atoms with Gasteiger partial charge in [0.1, 0.15) is 23.3 Å². The van der Waals surface area contributed by atoms with E-state index in [4.69, 9.17) is 0 Å². The van der Waals surface area contributed by atoms with Gasteiger partial charge in [0.15, 0.2) is 0 Å². The van der Waals surface area contributed by atoms with Crippen LogP contribution in [0.2, 0.25) is 0 Å². The Bertz CT molecular complexity index is 979. The van der Waals surface area contributed by atoms with E-state index in [1.807, 2.05) is 18.2 Å². The van der Waals surface area contributed by atoms with E-state index in [9.17, 15) is 9.65 Å². The number of anilines is 3. The first-order valence-corrected chi connectivity index (χ1v) is 8.24. The first kappa shape index (κ1) is 16.0. The highest BCUT2D eigenvalue weighted by molar-refractivity contribution is 5.69. The first-order chi connectivity index (χ1) is 12.7. The third-order valence-electron chi connectivity index (χ3n) is 3.98. The van der Waals surface area contributed by atoms with E-state index < -0.39 is 5.82 Å². The van der Waals surface area contributed by atoms with Crippen LogP contribution in [0.15, 0.2) is 48.8 Å². The molecule has 4 rings (SSSR count). The summed E-state index contributed by atoms with van der Waals surface area (Å²) in [6, 6.07) is 12.2. The summed E-state index contributed by atoms with van der Waals surface area (Å²) in [6.45, 7) is 0. The second-order valence-electron chi connectivity index (χ2n) is 6.02. The molecule has 7 heteroatoms. The summed E-state index contributed by atoms with van der Waals surface area (Å²) in [4.78, 5) is 13.1. The first-order valence-electron chi connectivity index (χ1n) is 8.24. The molecule has 0 radical (unpaired) electrons. The third kappa shape index (κ3) is 3.44. The van der Waals surface area contributed by atoms with E-state index in [2.05, 4.69) is 25.6 Å². The fraction of sp³-hybridized carbons (Fsp3) is 0.158. The number of rotatable bonds is 5. The summed E-state index contributed by atoms with van der Waals surface area (Å²) in [5.74, 6) is 0.394. The summed E-state index contributed by atoms with van der Waals surface area (Å²) >= 11 is 0. The highest BCUT2D eigenvalue weighted by atomic mass is 19.1. The van der Waals surface area contributed by atoms with Crippen molar-refractivity contribution in [3.63, 3.8) is 0 Å². The number of benzene rings is 1. The number of pyridine rings is 1. The highest BCUT2D eigenvalue weighted by Crippen LogP contribution is 2.28. The topological polar surface area (TPSA) is 86.5 Å². The fourth-order valence-electron chi connectivity index (χ4n) is 2.53. The second kappa shape index (κ2) is 6.76. The molecular formula is C19H15FN6. The Kier molecular flexibility index (Phi) is 4.15. The third-order valence-corrected chi connectivity index (χ3v) is 3.98. The van der Waals surface area contributed by atoms with Crippen LogP contribution < -0.4 is 10.6 Å². The molecule has 1 aliphatic rings. The van der Waals surface area contributed by atoms with Crippen LogP contribution >= 0.6 is 0 Å². The molecule has 2 aromatic heterocycles. The molecule has 0 amide bonds. The molecule has 3 aromatic rings. The van der Waals surface area contributed by atoms with E-state index in [1.54, 1.807) is 30.6 Å². The number of nitriles is 1. The van der Waals surface area contributed by atoms with E-state index in [0.717, 1.165) is 18.4 Å². The molecule has 1 saturated carbocycles. The van der Waals surface area contributed by atoms with Gasteiger partial charge in [-0.2, -0.15) is 10.2 Å². The van der Waals surface area contributed by atoms with Crippen LogP contribution in [0.3, 0.4) is 0 Å². The minimum atomic E-state index is -0.574. The summed E-state index contributed by atoms with van der Waals surface area (Å²) < 4.78 is 13.8. The van der Waals surface area contributed by atoms with Crippen LogP contribution in [-0.4, -0.2) is 21.0 Å². The van der Waals surface area contributed by atoms with Crippen molar-refractivity contribution in [3.05, 3.63) is 60.2 Å². The molecule has 2 N–H and O–H groups in total. The SMILES string of the molecule is N#Cc1c(F)cccc1Nc1cc(-c2cccnc2)nc(NC2CC2)n1. The molecule has 26 heavy (non-hydrogen) atoms. The van der Waals surface area contributed by atoms with E-state index in [1.165, 1.54) is 6.07 Å². The lowest BCUT2D eigenvalue weighted by atomic mass is 10.1. The van der Waals surface area contributed by atoms with Crippen molar-refractivity contribution in [2.75, 3.05) is 10.6 Å². The number of nitrogens with zero attached hydrogens (tertiary/aromatic N) is 4. The van der Waals surface area contributed by atoms with Crippen molar-refractivity contribution < 1.29 is 4.39 Å². The van der Waals surface area contributed by atoms with Crippen molar-refractivity contribution in [1.29, 1.82) is 5.26 Å².